The normalized spacial score (nSPS) is 18.5. The highest BCUT2D eigenvalue weighted by atomic mass is 32.1. The topological polar surface area (TPSA) is 378 Å². The lowest BCUT2D eigenvalue weighted by Gasteiger charge is -2.30. The molecule has 10 rings (SSSR count). The summed E-state index contributed by atoms with van der Waals surface area (Å²) < 4.78 is 24.1. The third-order valence-electron chi connectivity index (χ3n) is 13.4. The van der Waals surface area contributed by atoms with Crippen LogP contribution < -0.4 is 26.7 Å². The lowest BCUT2D eigenvalue weighted by atomic mass is 10.0. The number of carbonyl (C=O) groups is 4. The quantitative estimate of drug-likeness (QED) is 0.0180. The van der Waals surface area contributed by atoms with Gasteiger partial charge in [-0.1, -0.05) is 12.1 Å². The van der Waals surface area contributed by atoms with Gasteiger partial charge in [0.2, 0.25) is 0 Å². The van der Waals surface area contributed by atoms with Crippen LogP contribution in [-0.4, -0.2) is 154 Å². The number of aliphatic hydroxyl groups is 4. The molecule has 6 atom stereocenters. The van der Waals surface area contributed by atoms with Gasteiger partial charge in [-0.05, 0) is 38.6 Å². The molecule has 8 aromatic rings. The molecule has 0 aliphatic carbocycles. The van der Waals surface area contributed by atoms with Crippen LogP contribution in [0.5, 0.6) is 5.75 Å². The van der Waals surface area contributed by atoms with E-state index in [1.54, 1.807) is 49.2 Å². The molecule has 2 amide bonds. The second kappa shape index (κ2) is 26.2. The summed E-state index contributed by atoms with van der Waals surface area (Å²) in [5.74, 6) is -3.78. The average Bonchev–Trinajstić information content (AvgIpc) is 3.69. The van der Waals surface area contributed by atoms with E-state index in [0.29, 0.717) is 56.1 Å². The maximum Gasteiger partial charge on any atom is 0.358 e. The Balaban J connectivity index is 1.03. The highest BCUT2D eigenvalue weighted by molar-refractivity contribution is 7.13. The van der Waals surface area contributed by atoms with Crippen LogP contribution in [-0.2, 0) is 54.9 Å². The van der Waals surface area contributed by atoms with E-state index in [4.69, 9.17) is 33.8 Å². The number of rotatable bonds is 19. The van der Waals surface area contributed by atoms with E-state index in [2.05, 4.69) is 46.7 Å². The zero-order valence-electron chi connectivity index (χ0n) is 44.8. The summed E-state index contributed by atoms with van der Waals surface area (Å²) >= 11 is 5.44. The van der Waals surface area contributed by atoms with Crippen LogP contribution in [0, 0.1) is 0 Å². The maximum absolute atomic E-state index is 14.6. The smallest absolute Gasteiger partial charge is 0.358 e. The molecule has 9 heterocycles. The summed E-state index contributed by atoms with van der Waals surface area (Å²) in [4.78, 5) is 91.4. The predicted molar refractivity (Wildman–Crippen MR) is 306 cm³/mol. The van der Waals surface area contributed by atoms with E-state index >= 15 is 0 Å². The second-order valence-electron chi connectivity index (χ2n) is 18.8. The van der Waals surface area contributed by atoms with E-state index < -0.39 is 85.7 Å². The number of nitrogens with zero attached hydrogens (tertiary/aromatic N) is 7. The standard InChI is InChI=1S/C52H54N12O15S5/c1-22(67)29(53-3)16-79-63-37(23(2)75-4)48-59-33(21-83-48)45(71)62-40-43-42(69)52(73)77-13-24-6-5-7-34-36(24)28(14-76-43)41(64(34)74)51(72)78-15-30(57-44(70)32-20-84-50(40)60-32)47-58-31(19-82-47)38-27(46-56-26(12-66)18-80-46)10-35(68)39(61-38)49-55-25(17-81-49)11-54-8-9-65/h5-7,10,17-22,29-30,40,42-43,53-54,63,65-69,74H,8-9,11-16H2,1-4H3,(H,57,70)(H,62,71)/b37-23+/t22-,29-,30+,40+,42+,43+/m1/s1. The molecular weight excluding hydrogens is 1190 g/mol. The maximum atomic E-state index is 14.6. The van der Waals surface area contributed by atoms with Gasteiger partial charge in [-0.25, -0.2) is 39.5 Å². The Labute approximate surface area is 496 Å². The zero-order chi connectivity index (χ0) is 59.3. The van der Waals surface area contributed by atoms with E-state index in [-0.39, 0.29) is 91.2 Å². The van der Waals surface area contributed by atoms with E-state index in [1.807, 2.05) is 0 Å². The number of hydrogen-bond acceptors (Lipinski definition) is 29. The number of aromatic hydroxyl groups is 1. The fourth-order valence-corrected chi connectivity index (χ4v) is 13.1. The number of hydrogen-bond donors (Lipinski definition) is 11. The first-order valence-electron chi connectivity index (χ1n) is 25.6. The number of methoxy groups -OCH3 is 1. The van der Waals surface area contributed by atoms with Gasteiger partial charge in [0.25, 0.3) is 11.8 Å². The summed E-state index contributed by atoms with van der Waals surface area (Å²) in [5, 5.41) is 85.5. The van der Waals surface area contributed by atoms with Crippen molar-refractivity contribution in [2.24, 2.45) is 0 Å². The highest BCUT2D eigenvalue weighted by Gasteiger charge is 2.42. The number of thiazole rings is 5. The molecule has 0 saturated heterocycles. The van der Waals surface area contributed by atoms with Crippen molar-refractivity contribution in [3.8, 4) is 38.4 Å². The molecule has 4 bridgehead atoms. The Bertz CT molecular complexity index is 3760. The average molecular weight is 1250 g/mol. The first kappa shape index (κ1) is 59.7. The van der Waals surface area contributed by atoms with Gasteiger partial charge in [0, 0.05) is 56.5 Å². The number of pyridine rings is 1. The molecule has 84 heavy (non-hydrogen) atoms. The second-order valence-corrected chi connectivity index (χ2v) is 23.2. The van der Waals surface area contributed by atoms with Gasteiger partial charge >= 0.3 is 11.9 Å². The van der Waals surface area contributed by atoms with Crippen LogP contribution in [0.3, 0.4) is 0 Å². The number of amides is 2. The monoisotopic (exact) mass is 1250 g/mol. The Hall–Kier alpha value is -7.44. The van der Waals surface area contributed by atoms with Crippen molar-refractivity contribution in [1.29, 1.82) is 0 Å². The molecule has 0 spiro atoms. The van der Waals surface area contributed by atoms with Crippen molar-refractivity contribution in [1.82, 2.24) is 61.4 Å². The number of cyclic esters (lactones) is 2. The summed E-state index contributed by atoms with van der Waals surface area (Å²) in [6, 6.07) is 2.94. The summed E-state index contributed by atoms with van der Waals surface area (Å²) in [7, 11) is 3.10. The van der Waals surface area contributed by atoms with Crippen LogP contribution >= 0.6 is 56.7 Å². The van der Waals surface area contributed by atoms with Crippen LogP contribution in [0.25, 0.3) is 49.3 Å². The van der Waals surface area contributed by atoms with Crippen molar-refractivity contribution in [2.45, 2.75) is 76.7 Å². The first-order valence-corrected chi connectivity index (χ1v) is 30.0. The van der Waals surface area contributed by atoms with Crippen LogP contribution in [0.2, 0.25) is 0 Å². The fourth-order valence-electron chi connectivity index (χ4n) is 8.93. The van der Waals surface area contributed by atoms with Gasteiger partial charge in [0.1, 0.15) is 102 Å². The molecule has 0 fully saturated rings. The number of allylic oxidation sites excluding steroid dienone is 1. The van der Waals surface area contributed by atoms with Gasteiger partial charge in [-0.15, -0.1) is 56.7 Å². The summed E-state index contributed by atoms with van der Waals surface area (Å²) in [6.45, 7) is 1.96. The van der Waals surface area contributed by atoms with Crippen molar-refractivity contribution >= 4 is 97.0 Å². The molecule has 2 aliphatic heterocycles. The van der Waals surface area contributed by atoms with Gasteiger partial charge in [0.05, 0.1) is 62.6 Å². The molecule has 0 unspecified atom stereocenters. The first-order chi connectivity index (χ1) is 40.6. The number of nitrogens with one attached hydrogen (secondary N) is 5. The minimum atomic E-state index is -2.14. The zero-order valence-corrected chi connectivity index (χ0v) is 48.9. The van der Waals surface area contributed by atoms with E-state index in [9.17, 15) is 49.9 Å². The highest BCUT2D eigenvalue weighted by Crippen LogP contribution is 2.42. The Morgan fingerprint density at radius 3 is 2.44 bits per heavy atom. The lowest BCUT2D eigenvalue weighted by molar-refractivity contribution is -0.166. The van der Waals surface area contributed by atoms with Crippen molar-refractivity contribution < 1.29 is 73.7 Å². The fraction of sp³-hybridized carbons (Fsp3) is 0.346. The van der Waals surface area contributed by atoms with Crippen LogP contribution in [0.1, 0.15) is 94.9 Å². The number of carbonyl (C=O) groups excluding carboxylic acids is 4. The Morgan fingerprint density at radius 1 is 0.917 bits per heavy atom. The largest absolute Gasteiger partial charge is 0.506 e. The van der Waals surface area contributed by atoms with Crippen molar-refractivity contribution in [3.05, 3.63) is 112 Å². The summed E-state index contributed by atoms with van der Waals surface area (Å²) in [5.41, 5.74) is 4.79. The van der Waals surface area contributed by atoms with Gasteiger partial charge < -0.3 is 71.0 Å². The number of fused-ring (bicyclic) bond motifs is 4. The van der Waals surface area contributed by atoms with E-state index in [1.165, 1.54) is 52.7 Å². The molecule has 442 valence electrons. The third-order valence-corrected chi connectivity index (χ3v) is 17.9. The lowest BCUT2D eigenvalue weighted by Crippen LogP contribution is -2.47. The van der Waals surface area contributed by atoms with Crippen LogP contribution in [0.15, 0.2) is 56.9 Å². The Kier molecular flexibility index (Phi) is 18.6. The summed E-state index contributed by atoms with van der Waals surface area (Å²) in [6.07, 6.45) is -4.64. The minimum Gasteiger partial charge on any atom is -0.506 e. The van der Waals surface area contributed by atoms with Gasteiger partial charge in [-0.2, -0.15) is 4.73 Å². The molecule has 0 saturated carbocycles. The molecule has 2 aliphatic rings. The Morgan fingerprint density at radius 2 is 1.68 bits per heavy atom. The number of hydroxylamine groups is 1. The number of esters is 2. The number of benzene rings is 1. The number of aliphatic hydroxyl groups excluding tert-OH is 4. The van der Waals surface area contributed by atoms with Gasteiger partial charge in [0.15, 0.2) is 11.8 Å². The number of likely N-dealkylation sites (N-methyl/N-ethyl adjacent to an activating group) is 1. The minimum absolute atomic E-state index is 0.0236. The van der Waals surface area contributed by atoms with Gasteiger partial charge in [-0.3, -0.25) is 19.9 Å². The molecule has 0 radical (unpaired) electrons. The number of ether oxygens (including phenoxy) is 4. The SMILES string of the molecule is CN[C@H](CON/C(=C(\C)OC)c1nc(C(=O)N[C@@H]2c3nc(cs3)C(=O)N[C@H](c3nc(-c4nc(-c5nc(CNCCO)cs5)c(O)cc4-c4nc(CO)cs4)cs3)COC(=O)c3c4c5c(cccc5n3O)COC(=O)[C@@H](O)[C@H]2OC4)cs1)[C@@H](C)O. The predicted octanol–water partition coefficient (Wildman–Crippen LogP) is 3.78. The van der Waals surface area contributed by atoms with Crippen LogP contribution in [0.4, 0.5) is 0 Å². The number of aromatic nitrogens is 7. The molecule has 27 nitrogen and oxygen atoms in total. The van der Waals surface area contributed by atoms with Crippen molar-refractivity contribution in [2.75, 3.05) is 40.5 Å². The molecule has 11 N–H and O–H groups in total. The van der Waals surface area contributed by atoms with Crippen molar-refractivity contribution in [3.63, 3.8) is 0 Å². The van der Waals surface area contributed by atoms with E-state index in [0.717, 1.165) is 34.0 Å². The molecule has 1 aromatic carbocycles. The third kappa shape index (κ3) is 12.5. The molecule has 32 heteroatoms. The molecular formula is C52H54N12O15S5. The molecule has 7 aromatic heterocycles.